The summed E-state index contributed by atoms with van der Waals surface area (Å²) in [6.45, 7) is 4.01. The van der Waals surface area contributed by atoms with Crippen LogP contribution in [0.1, 0.15) is 25.3 Å². The zero-order valence-electron chi connectivity index (χ0n) is 10.7. The molecule has 0 radical (unpaired) electrons. The number of aromatic hydroxyl groups is 1. The number of nitrogens with one attached hydrogen (secondary N) is 2. The standard InChI is InChI=1S/C14H20N2O2/c1-14(6-8-15-9-7-14)16-13(18)10-11-2-4-12(17)5-3-11/h2-5,15,17H,6-10H2,1H3,(H,16,18). The van der Waals surface area contributed by atoms with E-state index >= 15 is 0 Å². The Labute approximate surface area is 107 Å². The van der Waals surface area contributed by atoms with Gasteiger partial charge in [0, 0.05) is 5.54 Å². The molecule has 1 aromatic carbocycles. The van der Waals surface area contributed by atoms with E-state index in [1.54, 1.807) is 24.3 Å². The van der Waals surface area contributed by atoms with Crippen LogP contribution in [0.3, 0.4) is 0 Å². The third kappa shape index (κ3) is 3.47. The number of phenols is 1. The number of rotatable bonds is 3. The van der Waals surface area contributed by atoms with Gasteiger partial charge >= 0.3 is 0 Å². The molecule has 4 heteroatoms. The summed E-state index contributed by atoms with van der Waals surface area (Å²) < 4.78 is 0. The number of amides is 1. The average Bonchev–Trinajstić information content (AvgIpc) is 2.32. The van der Waals surface area contributed by atoms with Gasteiger partial charge in [-0.15, -0.1) is 0 Å². The van der Waals surface area contributed by atoms with Crippen molar-refractivity contribution in [2.24, 2.45) is 0 Å². The molecule has 3 N–H and O–H groups in total. The van der Waals surface area contributed by atoms with Crippen LogP contribution in [0.15, 0.2) is 24.3 Å². The first kappa shape index (κ1) is 12.9. The van der Waals surface area contributed by atoms with E-state index in [-0.39, 0.29) is 17.2 Å². The van der Waals surface area contributed by atoms with Crippen LogP contribution in [0.4, 0.5) is 0 Å². The van der Waals surface area contributed by atoms with Crippen LogP contribution in [-0.2, 0) is 11.2 Å². The summed E-state index contributed by atoms with van der Waals surface area (Å²) in [7, 11) is 0. The predicted octanol–water partition coefficient (Wildman–Crippen LogP) is 1.19. The second-order valence-electron chi connectivity index (χ2n) is 5.20. The molecular formula is C14H20N2O2. The summed E-state index contributed by atoms with van der Waals surface area (Å²) in [5.41, 5.74) is 0.835. The van der Waals surface area contributed by atoms with Gasteiger partial charge in [0.15, 0.2) is 0 Å². The number of benzene rings is 1. The van der Waals surface area contributed by atoms with Crippen molar-refractivity contribution in [1.82, 2.24) is 10.6 Å². The molecule has 18 heavy (non-hydrogen) atoms. The first-order valence-electron chi connectivity index (χ1n) is 6.37. The number of hydrogen-bond acceptors (Lipinski definition) is 3. The van der Waals surface area contributed by atoms with E-state index in [0.717, 1.165) is 31.5 Å². The molecule has 1 heterocycles. The van der Waals surface area contributed by atoms with E-state index in [4.69, 9.17) is 0 Å². The third-order valence-corrected chi connectivity index (χ3v) is 3.45. The molecule has 98 valence electrons. The van der Waals surface area contributed by atoms with E-state index in [1.807, 2.05) is 0 Å². The molecule has 0 aliphatic carbocycles. The first-order valence-corrected chi connectivity index (χ1v) is 6.37. The molecule has 0 unspecified atom stereocenters. The highest BCUT2D eigenvalue weighted by Gasteiger charge is 2.27. The zero-order chi connectivity index (χ0) is 13.0. The van der Waals surface area contributed by atoms with Crippen molar-refractivity contribution in [3.05, 3.63) is 29.8 Å². The molecule has 1 aromatic rings. The van der Waals surface area contributed by atoms with Gasteiger partial charge in [-0.2, -0.15) is 0 Å². The molecular weight excluding hydrogens is 228 g/mol. The predicted molar refractivity (Wildman–Crippen MR) is 70.5 cm³/mol. The Bertz CT molecular complexity index is 408. The maximum atomic E-state index is 12.0. The number of carbonyl (C=O) groups is 1. The van der Waals surface area contributed by atoms with Crippen molar-refractivity contribution >= 4 is 5.91 Å². The lowest BCUT2D eigenvalue weighted by molar-refractivity contribution is -0.122. The molecule has 1 aliphatic rings. The fraction of sp³-hybridized carbons (Fsp3) is 0.500. The second kappa shape index (κ2) is 5.40. The molecule has 1 amide bonds. The summed E-state index contributed by atoms with van der Waals surface area (Å²) in [6, 6.07) is 6.77. The van der Waals surface area contributed by atoms with Crippen LogP contribution in [0.5, 0.6) is 5.75 Å². The van der Waals surface area contributed by atoms with E-state index in [1.165, 1.54) is 0 Å². The van der Waals surface area contributed by atoms with Crippen LogP contribution in [-0.4, -0.2) is 29.6 Å². The Balaban J connectivity index is 1.90. The van der Waals surface area contributed by atoms with Gasteiger partial charge in [-0.25, -0.2) is 0 Å². The van der Waals surface area contributed by atoms with Gasteiger partial charge in [0.2, 0.25) is 5.91 Å². The molecule has 0 saturated carbocycles. The van der Waals surface area contributed by atoms with Gasteiger partial charge in [0.05, 0.1) is 6.42 Å². The van der Waals surface area contributed by atoms with Crippen LogP contribution < -0.4 is 10.6 Å². The molecule has 1 saturated heterocycles. The van der Waals surface area contributed by atoms with Crippen LogP contribution in [0.25, 0.3) is 0 Å². The fourth-order valence-electron chi connectivity index (χ4n) is 2.28. The normalized spacial score (nSPS) is 18.3. The van der Waals surface area contributed by atoms with Gasteiger partial charge in [-0.3, -0.25) is 4.79 Å². The Kier molecular flexibility index (Phi) is 3.87. The number of phenolic OH excluding ortho intramolecular Hbond substituents is 1. The van der Waals surface area contributed by atoms with Gasteiger partial charge in [0.1, 0.15) is 5.75 Å². The smallest absolute Gasteiger partial charge is 0.224 e. The quantitative estimate of drug-likeness (QED) is 0.753. The molecule has 4 nitrogen and oxygen atoms in total. The average molecular weight is 248 g/mol. The summed E-state index contributed by atoms with van der Waals surface area (Å²) in [4.78, 5) is 12.0. The number of carbonyl (C=O) groups excluding carboxylic acids is 1. The fourth-order valence-corrected chi connectivity index (χ4v) is 2.28. The molecule has 0 bridgehead atoms. The van der Waals surface area contributed by atoms with E-state index in [9.17, 15) is 9.90 Å². The third-order valence-electron chi connectivity index (χ3n) is 3.45. The minimum absolute atomic E-state index is 0.0464. The van der Waals surface area contributed by atoms with E-state index in [0.29, 0.717) is 6.42 Å². The number of hydrogen-bond donors (Lipinski definition) is 3. The van der Waals surface area contributed by atoms with Crippen molar-refractivity contribution < 1.29 is 9.90 Å². The maximum Gasteiger partial charge on any atom is 0.224 e. The summed E-state index contributed by atoms with van der Waals surface area (Å²) in [5.74, 6) is 0.273. The number of piperidine rings is 1. The van der Waals surface area contributed by atoms with Crippen molar-refractivity contribution in [3.63, 3.8) is 0 Å². The maximum absolute atomic E-state index is 12.0. The molecule has 2 rings (SSSR count). The first-order chi connectivity index (χ1) is 8.57. The summed E-state index contributed by atoms with van der Waals surface area (Å²) in [5, 5.41) is 15.6. The molecule has 0 aromatic heterocycles. The minimum Gasteiger partial charge on any atom is -0.508 e. The highest BCUT2D eigenvalue weighted by Crippen LogP contribution is 2.17. The van der Waals surface area contributed by atoms with Crippen molar-refractivity contribution in [3.8, 4) is 5.75 Å². The topological polar surface area (TPSA) is 61.4 Å². The van der Waals surface area contributed by atoms with E-state index in [2.05, 4.69) is 17.6 Å². The molecule has 0 spiro atoms. The van der Waals surface area contributed by atoms with Crippen molar-refractivity contribution in [2.45, 2.75) is 31.7 Å². The van der Waals surface area contributed by atoms with Gasteiger partial charge < -0.3 is 15.7 Å². The van der Waals surface area contributed by atoms with E-state index < -0.39 is 0 Å². The van der Waals surface area contributed by atoms with Crippen LogP contribution in [0.2, 0.25) is 0 Å². The SMILES string of the molecule is CC1(NC(=O)Cc2ccc(O)cc2)CCNCC1. The summed E-state index contributed by atoms with van der Waals surface area (Å²) in [6.07, 6.45) is 2.30. The lowest BCUT2D eigenvalue weighted by atomic mass is 9.90. The highest BCUT2D eigenvalue weighted by atomic mass is 16.3. The minimum atomic E-state index is -0.0841. The highest BCUT2D eigenvalue weighted by molar-refractivity contribution is 5.79. The molecule has 0 atom stereocenters. The lowest BCUT2D eigenvalue weighted by Gasteiger charge is -2.35. The largest absolute Gasteiger partial charge is 0.508 e. The van der Waals surface area contributed by atoms with Gasteiger partial charge in [0.25, 0.3) is 0 Å². The molecule has 1 fully saturated rings. The van der Waals surface area contributed by atoms with Gasteiger partial charge in [-0.05, 0) is 50.6 Å². The Morgan fingerprint density at radius 1 is 1.33 bits per heavy atom. The summed E-state index contributed by atoms with van der Waals surface area (Å²) >= 11 is 0. The monoisotopic (exact) mass is 248 g/mol. The zero-order valence-corrected chi connectivity index (χ0v) is 10.7. The molecule has 1 aliphatic heterocycles. The Hall–Kier alpha value is -1.55. The van der Waals surface area contributed by atoms with Crippen molar-refractivity contribution in [2.75, 3.05) is 13.1 Å². The Morgan fingerprint density at radius 2 is 1.94 bits per heavy atom. The Morgan fingerprint density at radius 3 is 2.56 bits per heavy atom. The second-order valence-corrected chi connectivity index (χ2v) is 5.20. The van der Waals surface area contributed by atoms with Gasteiger partial charge in [-0.1, -0.05) is 12.1 Å². The van der Waals surface area contributed by atoms with Crippen LogP contribution >= 0.6 is 0 Å². The van der Waals surface area contributed by atoms with Crippen molar-refractivity contribution in [1.29, 1.82) is 0 Å². The van der Waals surface area contributed by atoms with Crippen LogP contribution in [0, 0.1) is 0 Å². The lowest BCUT2D eigenvalue weighted by Crippen LogP contribution is -2.52.